The van der Waals surface area contributed by atoms with Gasteiger partial charge in [0.05, 0.1) is 0 Å². The molecule has 0 amide bonds. The molecule has 0 aromatic heterocycles. The van der Waals surface area contributed by atoms with Crippen molar-refractivity contribution in [2.24, 2.45) is 0 Å². The highest BCUT2D eigenvalue weighted by atomic mass is 32.2. The molecular formula is C16H26N2OS. The van der Waals surface area contributed by atoms with Crippen LogP contribution in [0.4, 0.5) is 5.69 Å². The number of hydrogen-bond acceptors (Lipinski definition) is 4. The van der Waals surface area contributed by atoms with E-state index >= 15 is 0 Å². The Balaban J connectivity index is 2.20. The Labute approximate surface area is 126 Å². The molecule has 1 aromatic rings. The van der Waals surface area contributed by atoms with Gasteiger partial charge in [0.25, 0.3) is 0 Å². The molecule has 112 valence electrons. The van der Waals surface area contributed by atoms with Crippen LogP contribution in [0.1, 0.15) is 39.3 Å². The number of benzene rings is 1. The van der Waals surface area contributed by atoms with E-state index < -0.39 is 0 Å². The monoisotopic (exact) mass is 294 g/mol. The van der Waals surface area contributed by atoms with Gasteiger partial charge in [0, 0.05) is 46.9 Å². The minimum atomic E-state index is 0.183. The number of nitrogens with one attached hydrogen (secondary N) is 1. The fourth-order valence-electron chi connectivity index (χ4n) is 2.79. The molecule has 3 atom stereocenters. The third-order valence-electron chi connectivity index (χ3n) is 4.21. The maximum atomic E-state index is 10.3. The van der Waals surface area contributed by atoms with Gasteiger partial charge in [-0.2, -0.15) is 11.8 Å². The largest absolute Gasteiger partial charge is 0.508 e. The van der Waals surface area contributed by atoms with Gasteiger partial charge in [0.1, 0.15) is 5.75 Å². The molecule has 1 heterocycles. The summed E-state index contributed by atoms with van der Waals surface area (Å²) >= 11 is 2.03. The highest BCUT2D eigenvalue weighted by molar-refractivity contribution is 8.00. The second-order valence-electron chi connectivity index (χ2n) is 5.53. The minimum Gasteiger partial charge on any atom is -0.508 e. The zero-order valence-corrected chi connectivity index (χ0v) is 13.7. The lowest BCUT2D eigenvalue weighted by Gasteiger charge is -2.39. The molecule has 1 saturated heterocycles. The maximum Gasteiger partial charge on any atom is 0.122 e. The summed E-state index contributed by atoms with van der Waals surface area (Å²) in [6.07, 6.45) is 0. The third kappa shape index (κ3) is 3.23. The van der Waals surface area contributed by atoms with Crippen LogP contribution in [0.3, 0.4) is 0 Å². The molecule has 2 rings (SSSR count). The van der Waals surface area contributed by atoms with Crippen molar-refractivity contribution >= 4 is 17.4 Å². The molecule has 1 fully saturated rings. The van der Waals surface area contributed by atoms with E-state index in [4.69, 9.17) is 0 Å². The number of hydrogen-bond donors (Lipinski definition) is 2. The second-order valence-corrected chi connectivity index (χ2v) is 7.02. The second kappa shape index (κ2) is 6.72. The summed E-state index contributed by atoms with van der Waals surface area (Å²) in [5, 5.41) is 14.3. The van der Waals surface area contributed by atoms with Gasteiger partial charge in [-0.3, -0.25) is 0 Å². The van der Waals surface area contributed by atoms with E-state index in [1.807, 2.05) is 17.8 Å². The van der Waals surface area contributed by atoms with Gasteiger partial charge >= 0.3 is 0 Å². The van der Waals surface area contributed by atoms with E-state index in [-0.39, 0.29) is 6.04 Å². The first kappa shape index (κ1) is 15.5. The zero-order valence-electron chi connectivity index (χ0n) is 12.9. The van der Waals surface area contributed by atoms with Crippen LogP contribution in [0.2, 0.25) is 0 Å². The summed E-state index contributed by atoms with van der Waals surface area (Å²) < 4.78 is 0. The molecule has 1 aliphatic rings. The number of aromatic hydroxyl groups is 1. The fraction of sp³-hybridized carbons (Fsp3) is 0.625. The fourth-order valence-corrected chi connectivity index (χ4v) is 3.89. The quantitative estimate of drug-likeness (QED) is 0.892. The average Bonchev–Trinajstić information content (AvgIpc) is 2.42. The standard InChI is InChI=1S/C16H26N2OS/c1-5-17-11(2)15-7-6-14(10-16(15)19)18-8-9-20-13(4)12(18)3/h6-7,10-13,17,19H,5,8-9H2,1-4H3. The Morgan fingerprint density at radius 1 is 1.45 bits per heavy atom. The van der Waals surface area contributed by atoms with Crippen LogP contribution in [-0.2, 0) is 0 Å². The normalized spacial score (nSPS) is 24.7. The lowest BCUT2D eigenvalue weighted by molar-refractivity contribution is 0.454. The Hall–Kier alpha value is -0.870. The average molecular weight is 294 g/mol. The summed E-state index contributed by atoms with van der Waals surface area (Å²) in [7, 11) is 0. The molecule has 20 heavy (non-hydrogen) atoms. The molecule has 1 aliphatic heterocycles. The summed E-state index contributed by atoms with van der Waals surface area (Å²) in [5.41, 5.74) is 2.11. The van der Waals surface area contributed by atoms with Crippen molar-refractivity contribution < 1.29 is 5.11 Å². The van der Waals surface area contributed by atoms with Crippen molar-refractivity contribution in [2.45, 2.75) is 45.0 Å². The van der Waals surface area contributed by atoms with Gasteiger partial charge in [-0.1, -0.05) is 19.9 Å². The van der Waals surface area contributed by atoms with E-state index in [0.717, 1.165) is 30.1 Å². The SMILES string of the molecule is CCNC(C)c1ccc(N2CCSC(C)C2C)cc1O. The highest BCUT2D eigenvalue weighted by Gasteiger charge is 2.26. The van der Waals surface area contributed by atoms with Gasteiger partial charge in [-0.15, -0.1) is 0 Å². The summed E-state index contributed by atoms with van der Waals surface area (Å²) in [5.74, 6) is 1.55. The molecule has 0 aliphatic carbocycles. The smallest absolute Gasteiger partial charge is 0.122 e. The van der Waals surface area contributed by atoms with Crippen LogP contribution >= 0.6 is 11.8 Å². The summed E-state index contributed by atoms with van der Waals surface area (Å²) in [4.78, 5) is 2.41. The van der Waals surface area contributed by atoms with Crippen molar-refractivity contribution in [1.29, 1.82) is 0 Å². The number of thioether (sulfide) groups is 1. The molecule has 0 spiro atoms. The van der Waals surface area contributed by atoms with Crippen molar-refractivity contribution in [2.75, 3.05) is 23.7 Å². The van der Waals surface area contributed by atoms with Crippen LogP contribution in [0.15, 0.2) is 18.2 Å². The number of nitrogens with zero attached hydrogens (tertiary/aromatic N) is 1. The predicted molar refractivity (Wildman–Crippen MR) is 88.9 cm³/mol. The number of rotatable bonds is 4. The molecule has 4 heteroatoms. The van der Waals surface area contributed by atoms with Crippen molar-refractivity contribution in [1.82, 2.24) is 5.32 Å². The first-order valence-corrected chi connectivity index (χ1v) is 8.54. The van der Waals surface area contributed by atoms with Crippen LogP contribution in [0, 0.1) is 0 Å². The first-order chi connectivity index (χ1) is 9.54. The lowest BCUT2D eigenvalue weighted by Crippen LogP contribution is -2.44. The molecular weight excluding hydrogens is 268 g/mol. The summed E-state index contributed by atoms with van der Waals surface area (Å²) in [6.45, 7) is 10.7. The molecule has 0 bridgehead atoms. The van der Waals surface area contributed by atoms with Gasteiger partial charge < -0.3 is 15.3 Å². The van der Waals surface area contributed by atoms with Gasteiger partial charge in [-0.05, 0) is 26.5 Å². The Kier molecular flexibility index (Phi) is 5.22. The number of anilines is 1. The van der Waals surface area contributed by atoms with Crippen molar-refractivity contribution in [3.63, 3.8) is 0 Å². The molecule has 0 saturated carbocycles. The Morgan fingerprint density at radius 3 is 2.85 bits per heavy atom. The van der Waals surface area contributed by atoms with Gasteiger partial charge in [-0.25, -0.2) is 0 Å². The highest BCUT2D eigenvalue weighted by Crippen LogP contribution is 2.33. The van der Waals surface area contributed by atoms with E-state index in [9.17, 15) is 5.11 Å². The van der Waals surface area contributed by atoms with Gasteiger partial charge in [0.15, 0.2) is 0 Å². The van der Waals surface area contributed by atoms with E-state index in [2.05, 4.69) is 50.0 Å². The summed E-state index contributed by atoms with van der Waals surface area (Å²) in [6, 6.07) is 6.80. The first-order valence-electron chi connectivity index (χ1n) is 7.49. The zero-order chi connectivity index (χ0) is 14.7. The number of phenols is 1. The van der Waals surface area contributed by atoms with Crippen LogP contribution < -0.4 is 10.2 Å². The molecule has 1 aromatic carbocycles. The van der Waals surface area contributed by atoms with Crippen LogP contribution in [-0.4, -0.2) is 35.2 Å². The van der Waals surface area contributed by atoms with Crippen LogP contribution in [0.5, 0.6) is 5.75 Å². The lowest BCUT2D eigenvalue weighted by atomic mass is 10.1. The third-order valence-corrected chi connectivity index (χ3v) is 5.54. The Bertz CT molecular complexity index is 452. The molecule has 3 unspecified atom stereocenters. The Morgan fingerprint density at radius 2 is 2.20 bits per heavy atom. The number of phenolic OH excluding ortho intramolecular Hbond substituents is 1. The maximum absolute atomic E-state index is 10.3. The minimum absolute atomic E-state index is 0.183. The topological polar surface area (TPSA) is 35.5 Å². The van der Waals surface area contributed by atoms with E-state index in [0.29, 0.717) is 17.0 Å². The molecule has 3 nitrogen and oxygen atoms in total. The van der Waals surface area contributed by atoms with E-state index in [1.54, 1.807) is 0 Å². The molecule has 0 radical (unpaired) electrons. The van der Waals surface area contributed by atoms with E-state index in [1.165, 1.54) is 0 Å². The molecule has 2 N–H and O–H groups in total. The van der Waals surface area contributed by atoms with Crippen LogP contribution in [0.25, 0.3) is 0 Å². The predicted octanol–water partition coefficient (Wildman–Crippen LogP) is 3.39. The van der Waals surface area contributed by atoms with Gasteiger partial charge in [0.2, 0.25) is 0 Å². The van der Waals surface area contributed by atoms with Crippen molar-refractivity contribution in [3.8, 4) is 5.75 Å². The van der Waals surface area contributed by atoms with Crippen molar-refractivity contribution in [3.05, 3.63) is 23.8 Å².